The van der Waals surface area contributed by atoms with Crippen LogP contribution in [0.1, 0.15) is 39.2 Å². The van der Waals surface area contributed by atoms with Crippen molar-refractivity contribution in [3.05, 3.63) is 88.9 Å². The van der Waals surface area contributed by atoms with Crippen molar-refractivity contribution in [1.82, 2.24) is 14.8 Å². The highest BCUT2D eigenvalue weighted by Gasteiger charge is 2.22. The normalized spacial score (nSPS) is 15.5. The molecule has 0 radical (unpaired) electrons. The van der Waals surface area contributed by atoms with Gasteiger partial charge < -0.3 is 19.4 Å². The summed E-state index contributed by atoms with van der Waals surface area (Å²) in [4.78, 5) is 29.8. The molecule has 0 aliphatic carbocycles. The number of ether oxygens (including phenoxy) is 1. The third-order valence-electron chi connectivity index (χ3n) is 7.97. The Morgan fingerprint density at radius 1 is 0.951 bits per heavy atom. The fraction of sp³-hybridized carbons (Fsp3) is 0.394. The average Bonchev–Trinajstić information content (AvgIpc) is 3.31. The maximum absolute atomic E-state index is 12.7. The Morgan fingerprint density at radius 3 is 2.44 bits per heavy atom. The summed E-state index contributed by atoms with van der Waals surface area (Å²) < 4.78 is 12.4. The number of hydrogen-bond acceptors (Lipinski definition) is 6. The largest absolute Gasteiger partial charge is 0.428 e. The number of anilines is 1. The molecule has 2 heterocycles. The lowest BCUT2D eigenvalue weighted by atomic mass is 10.0. The van der Waals surface area contributed by atoms with Crippen LogP contribution in [0.25, 0.3) is 22.2 Å². The van der Waals surface area contributed by atoms with Gasteiger partial charge in [-0.25, -0.2) is 14.2 Å². The standard InChI is InChI=1S/C33H40N4O4/c1-4-24(2)20-25(3)34-32(38)40-23-37-30-15-9-14-29(31(30)41-33(37)39)36-18-16-35(17-19-36)22-26-10-8-13-28(21-26)27-11-6-5-7-12-27/h5-15,21,24-25H,4,16-20,22-23H2,1-3H3,(H,34,38). The Balaban J connectivity index is 1.20. The first-order chi connectivity index (χ1) is 19.9. The smallest absolute Gasteiger partial charge is 0.422 e. The average molecular weight is 557 g/mol. The maximum atomic E-state index is 12.7. The summed E-state index contributed by atoms with van der Waals surface area (Å²) in [6.45, 7) is 10.4. The number of carbonyl (C=O) groups is 1. The van der Waals surface area contributed by atoms with Crippen molar-refractivity contribution >= 4 is 22.9 Å². The molecule has 216 valence electrons. The number of alkyl carbamates (subject to hydrolysis) is 1. The number of nitrogens with zero attached hydrogens (tertiary/aromatic N) is 3. The third kappa shape index (κ3) is 7.00. The number of amides is 1. The minimum absolute atomic E-state index is 0.00617. The Kier molecular flexibility index (Phi) is 9.09. The summed E-state index contributed by atoms with van der Waals surface area (Å²) in [5.41, 5.74) is 5.78. The van der Waals surface area contributed by atoms with Crippen molar-refractivity contribution in [2.75, 3.05) is 31.1 Å². The van der Waals surface area contributed by atoms with Gasteiger partial charge in [-0.2, -0.15) is 0 Å². The van der Waals surface area contributed by atoms with E-state index in [1.807, 2.05) is 31.2 Å². The molecule has 1 saturated heterocycles. The predicted molar refractivity (Wildman–Crippen MR) is 163 cm³/mol. The quantitative estimate of drug-likeness (QED) is 0.255. The van der Waals surface area contributed by atoms with Crippen molar-refractivity contribution in [2.24, 2.45) is 5.92 Å². The summed E-state index contributed by atoms with van der Waals surface area (Å²) in [6.07, 6.45) is 1.39. The molecule has 0 saturated carbocycles. The number of oxazole rings is 1. The van der Waals surface area contributed by atoms with Gasteiger partial charge in [0.2, 0.25) is 0 Å². The number of piperazine rings is 1. The van der Waals surface area contributed by atoms with Crippen LogP contribution in [0, 0.1) is 5.92 Å². The molecule has 41 heavy (non-hydrogen) atoms. The van der Waals surface area contributed by atoms with Crippen LogP contribution in [-0.2, 0) is 18.0 Å². The fourth-order valence-electron chi connectivity index (χ4n) is 5.52. The van der Waals surface area contributed by atoms with E-state index in [1.54, 1.807) is 0 Å². The van der Waals surface area contributed by atoms with Gasteiger partial charge in [0, 0.05) is 38.8 Å². The summed E-state index contributed by atoms with van der Waals surface area (Å²) in [5.74, 6) is -0.0262. The maximum Gasteiger partial charge on any atom is 0.422 e. The van der Waals surface area contributed by atoms with E-state index < -0.39 is 11.8 Å². The molecule has 4 aromatic rings. The van der Waals surface area contributed by atoms with E-state index in [9.17, 15) is 9.59 Å². The predicted octanol–water partition coefficient (Wildman–Crippen LogP) is 6.09. The number of carbonyl (C=O) groups excluding carboxylic acids is 1. The van der Waals surface area contributed by atoms with Crippen LogP contribution in [0.3, 0.4) is 0 Å². The number of para-hydroxylation sites is 1. The highest BCUT2D eigenvalue weighted by atomic mass is 16.6. The molecule has 1 aromatic heterocycles. The molecule has 0 bridgehead atoms. The molecule has 1 amide bonds. The van der Waals surface area contributed by atoms with E-state index in [4.69, 9.17) is 9.15 Å². The lowest BCUT2D eigenvalue weighted by molar-refractivity contribution is 0.108. The molecule has 8 heteroatoms. The molecule has 5 rings (SSSR count). The molecular formula is C33H40N4O4. The molecular weight excluding hydrogens is 516 g/mol. The Hall–Kier alpha value is -4.04. The van der Waals surface area contributed by atoms with Crippen LogP contribution < -0.4 is 16.0 Å². The Bertz CT molecular complexity index is 1500. The first-order valence-electron chi connectivity index (χ1n) is 14.6. The SMILES string of the molecule is CCC(C)CC(C)NC(=O)OCn1c(=O)oc2c(N3CCN(Cc4cccc(-c5ccccc5)c4)CC3)cccc21. The molecule has 1 aliphatic heterocycles. The number of nitrogens with one attached hydrogen (secondary N) is 1. The van der Waals surface area contributed by atoms with Crippen LogP contribution >= 0.6 is 0 Å². The number of benzene rings is 3. The molecule has 0 spiro atoms. The van der Waals surface area contributed by atoms with Gasteiger partial charge in [-0.1, -0.05) is 74.9 Å². The van der Waals surface area contributed by atoms with E-state index in [0.717, 1.165) is 51.3 Å². The summed E-state index contributed by atoms with van der Waals surface area (Å²) in [7, 11) is 0. The second-order valence-electron chi connectivity index (χ2n) is 11.1. The summed E-state index contributed by atoms with van der Waals surface area (Å²) in [5, 5.41) is 2.85. The van der Waals surface area contributed by atoms with Crippen LogP contribution in [0.15, 0.2) is 82.0 Å². The van der Waals surface area contributed by atoms with Gasteiger partial charge >= 0.3 is 11.8 Å². The summed E-state index contributed by atoms with van der Waals surface area (Å²) in [6, 6.07) is 24.9. The minimum Gasteiger partial charge on any atom is -0.428 e. The Labute approximate surface area is 241 Å². The van der Waals surface area contributed by atoms with Crippen LogP contribution in [0.4, 0.5) is 10.5 Å². The molecule has 2 unspecified atom stereocenters. The van der Waals surface area contributed by atoms with Gasteiger partial charge in [0.1, 0.15) is 0 Å². The van der Waals surface area contributed by atoms with E-state index in [-0.39, 0.29) is 12.8 Å². The van der Waals surface area contributed by atoms with Crippen LogP contribution in [-0.4, -0.2) is 47.8 Å². The molecule has 3 aromatic carbocycles. The van der Waals surface area contributed by atoms with Gasteiger partial charge in [-0.05, 0) is 54.2 Å². The summed E-state index contributed by atoms with van der Waals surface area (Å²) >= 11 is 0. The molecule has 8 nitrogen and oxygen atoms in total. The molecule has 1 aliphatic rings. The highest BCUT2D eigenvalue weighted by Crippen LogP contribution is 2.28. The third-order valence-corrected chi connectivity index (χ3v) is 7.97. The van der Waals surface area contributed by atoms with E-state index >= 15 is 0 Å². The molecule has 2 atom stereocenters. The minimum atomic E-state index is -0.538. The topological polar surface area (TPSA) is 79.9 Å². The lowest BCUT2D eigenvalue weighted by Crippen LogP contribution is -2.46. The number of aromatic nitrogens is 1. The fourth-order valence-corrected chi connectivity index (χ4v) is 5.52. The zero-order chi connectivity index (χ0) is 28.8. The van der Waals surface area contributed by atoms with Crippen molar-refractivity contribution in [2.45, 2.75) is 52.9 Å². The first-order valence-corrected chi connectivity index (χ1v) is 14.6. The van der Waals surface area contributed by atoms with Crippen molar-refractivity contribution in [1.29, 1.82) is 0 Å². The van der Waals surface area contributed by atoms with Gasteiger partial charge in [-0.3, -0.25) is 4.90 Å². The van der Waals surface area contributed by atoms with E-state index in [2.05, 4.69) is 77.5 Å². The number of hydrogen-bond donors (Lipinski definition) is 1. The van der Waals surface area contributed by atoms with E-state index in [0.29, 0.717) is 17.0 Å². The zero-order valence-electron chi connectivity index (χ0n) is 24.2. The van der Waals surface area contributed by atoms with Gasteiger partial charge in [0.05, 0.1) is 11.2 Å². The number of rotatable bonds is 10. The first kappa shape index (κ1) is 28.5. The van der Waals surface area contributed by atoms with Crippen molar-refractivity contribution in [3.8, 4) is 11.1 Å². The monoisotopic (exact) mass is 556 g/mol. The van der Waals surface area contributed by atoms with Crippen LogP contribution in [0.2, 0.25) is 0 Å². The highest BCUT2D eigenvalue weighted by molar-refractivity contribution is 5.87. The van der Waals surface area contributed by atoms with Crippen LogP contribution in [0.5, 0.6) is 0 Å². The van der Waals surface area contributed by atoms with Crippen molar-refractivity contribution in [3.63, 3.8) is 0 Å². The van der Waals surface area contributed by atoms with E-state index in [1.165, 1.54) is 21.3 Å². The van der Waals surface area contributed by atoms with Crippen molar-refractivity contribution < 1.29 is 13.9 Å². The molecule has 1 N–H and O–H groups in total. The van der Waals surface area contributed by atoms with Gasteiger partial charge in [0.15, 0.2) is 12.3 Å². The van der Waals surface area contributed by atoms with Gasteiger partial charge in [-0.15, -0.1) is 0 Å². The lowest BCUT2D eigenvalue weighted by Gasteiger charge is -2.36. The van der Waals surface area contributed by atoms with Gasteiger partial charge in [0.25, 0.3) is 0 Å². The number of fused-ring (bicyclic) bond motifs is 1. The second kappa shape index (κ2) is 13.1. The second-order valence-corrected chi connectivity index (χ2v) is 11.1. The zero-order valence-corrected chi connectivity index (χ0v) is 24.2. The Morgan fingerprint density at radius 2 is 1.68 bits per heavy atom. The molecule has 1 fully saturated rings.